The van der Waals surface area contributed by atoms with Gasteiger partial charge in [0.15, 0.2) is 4.77 Å². The number of H-pyrrole nitrogens is 2. The van der Waals surface area contributed by atoms with Crippen molar-refractivity contribution in [3.63, 3.8) is 0 Å². The van der Waals surface area contributed by atoms with Gasteiger partial charge in [-0.1, -0.05) is 18.2 Å². The van der Waals surface area contributed by atoms with E-state index in [1.807, 2.05) is 6.07 Å². The molecule has 5 nitrogen and oxygen atoms in total. The topological polar surface area (TPSA) is 75.0 Å². The molecule has 3 aromatic rings. The highest BCUT2D eigenvalue weighted by atomic mass is 32.2. The number of imidazole rings is 1. The summed E-state index contributed by atoms with van der Waals surface area (Å²) in [6.07, 6.45) is 0. The molecule has 0 saturated carbocycles. The van der Waals surface area contributed by atoms with Crippen molar-refractivity contribution in [1.29, 1.82) is 0 Å². The lowest BCUT2D eigenvalue weighted by Crippen LogP contribution is -2.09. The van der Waals surface area contributed by atoms with E-state index in [-0.39, 0.29) is 10.6 Å². The van der Waals surface area contributed by atoms with Gasteiger partial charge in [-0.15, -0.1) is 0 Å². The van der Waals surface area contributed by atoms with E-state index in [4.69, 9.17) is 17.0 Å². The largest absolute Gasteiger partial charge is 0.495 e. The third kappa shape index (κ3) is 2.46. The second-order valence-corrected chi connectivity index (χ2v) is 7.55. The van der Waals surface area contributed by atoms with Crippen LogP contribution in [0.25, 0.3) is 11.0 Å². The fourth-order valence-corrected chi connectivity index (χ4v) is 5.06. The van der Waals surface area contributed by atoms with Crippen molar-refractivity contribution in [3.05, 3.63) is 46.2 Å². The van der Waals surface area contributed by atoms with E-state index >= 15 is 0 Å². The summed E-state index contributed by atoms with van der Waals surface area (Å²) in [6, 6.07) is 8.77. The predicted molar refractivity (Wildman–Crippen MR) is 91.4 cm³/mol. The van der Waals surface area contributed by atoms with Crippen molar-refractivity contribution >= 4 is 33.1 Å². The number of rotatable bonds is 3. The van der Waals surface area contributed by atoms with Gasteiger partial charge < -0.3 is 14.7 Å². The highest BCUT2D eigenvalue weighted by molar-refractivity contribution is 7.92. The second kappa shape index (κ2) is 5.50. The van der Waals surface area contributed by atoms with Crippen molar-refractivity contribution < 1.29 is 13.2 Å². The van der Waals surface area contributed by atoms with E-state index in [1.165, 1.54) is 7.11 Å². The fourth-order valence-electron chi connectivity index (χ4n) is 2.81. The number of sulfone groups is 1. The molecule has 120 valence electrons. The number of nitrogens with one attached hydrogen (secondary N) is 2. The van der Waals surface area contributed by atoms with Crippen LogP contribution in [0.4, 0.5) is 0 Å². The Balaban J connectivity index is 2.46. The molecule has 0 aliphatic rings. The Labute approximate surface area is 139 Å². The molecule has 0 amide bonds. The van der Waals surface area contributed by atoms with Crippen molar-refractivity contribution in [2.24, 2.45) is 0 Å². The summed E-state index contributed by atoms with van der Waals surface area (Å²) in [6.45, 7) is 3.57. The summed E-state index contributed by atoms with van der Waals surface area (Å²) < 4.78 is 32.3. The minimum absolute atomic E-state index is 0.0993. The van der Waals surface area contributed by atoms with E-state index in [9.17, 15) is 8.42 Å². The molecule has 0 atom stereocenters. The lowest BCUT2D eigenvalue weighted by Gasteiger charge is -2.14. The van der Waals surface area contributed by atoms with Crippen LogP contribution >= 0.6 is 12.2 Å². The smallest absolute Gasteiger partial charge is 0.212 e. The number of ether oxygens (including phenoxy) is 1. The standard InChI is InChI=1S/C16H16N2O3S2/c1-9-5-4-6-10(2)14(9)23(19,20)15-12(21-3)8-7-11-13(15)18-16(22)17-11/h4-8H,1-3H3,(H2,17,18,22). The zero-order valence-corrected chi connectivity index (χ0v) is 14.6. The zero-order valence-electron chi connectivity index (χ0n) is 12.9. The van der Waals surface area contributed by atoms with Crippen LogP contribution < -0.4 is 4.74 Å². The summed E-state index contributed by atoms with van der Waals surface area (Å²) in [5, 5.41) is 0. The molecule has 2 N–H and O–H groups in total. The molecule has 0 aliphatic heterocycles. The normalized spacial score (nSPS) is 11.8. The number of aryl methyl sites for hydroxylation is 2. The number of benzene rings is 2. The SMILES string of the molecule is COc1ccc2[nH]c(=S)[nH]c2c1S(=O)(=O)c1c(C)cccc1C. The Kier molecular flexibility index (Phi) is 3.77. The summed E-state index contributed by atoms with van der Waals surface area (Å²) >= 11 is 5.10. The molecule has 2 aromatic carbocycles. The van der Waals surface area contributed by atoms with E-state index in [1.54, 1.807) is 38.1 Å². The third-order valence-electron chi connectivity index (χ3n) is 3.77. The van der Waals surface area contributed by atoms with Crippen LogP contribution in [0.1, 0.15) is 11.1 Å². The van der Waals surface area contributed by atoms with Crippen LogP contribution in [0.5, 0.6) is 5.75 Å². The number of hydrogen-bond acceptors (Lipinski definition) is 4. The van der Waals surface area contributed by atoms with Crippen LogP contribution in [-0.2, 0) is 9.84 Å². The van der Waals surface area contributed by atoms with Crippen molar-refractivity contribution in [2.45, 2.75) is 23.6 Å². The van der Waals surface area contributed by atoms with Crippen LogP contribution in [0.3, 0.4) is 0 Å². The van der Waals surface area contributed by atoms with Crippen LogP contribution in [0.15, 0.2) is 40.1 Å². The van der Waals surface area contributed by atoms with Gasteiger partial charge in [0.1, 0.15) is 10.6 Å². The minimum Gasteiger partial charge on any atom is -0.495 e. The summed E-state index contributed by atoms with van der Waals surface area (Å²) in [5.74, 6) is 0.283. The maximum absolute atomic E-state index is 13.3. The molecule has 0 bridgehead atoms. The van der Waals surface area contributed by atoms with Gasteiger partial charge in [0.25, 0.3) is 0 Å². The maximum Gasteiger partial charge on any atom is 0.212 e. The molecular formula is C16H16N2O3S2. The predicted octanol–water partition coefficient (Wildman–Crippen LogP) is 3.68. The summed E-state index contributed by atoms with van der Waals surface area (Å²) in [7, 11) is -2.33. The number of aromatic amines is 2. The molecule has 0 spiro atoms. The van der Waals surface area contributed by atoms with Crippen molar-refractivity contribution in [1.82, 2.24) is 9.97 Å². The minimum atomic E-state index is -3.78. The highest BCUT2D eigenvalue weighted by Gasteiger charge is 2.28. The number of methoxy groups -OCH3 is 1. The average Bonchev–Trinajstić information content (AvgIpc) is 2.85. The Hall–Kier alpha value is -2.12. The van der Waals surface area contributed by atoms with Crippen molar-refractivity contribution in [2.75, 3.05) is 7.11 Å². The van der Waals surface area contributed by atoms with Gasteiger partial charge in [-0.25, -0.2) is 8.42 Å². The van der Waals surface area contributed by atoms with Gasteiger partial charge in [0.05, 0.1) is 23.0 Å². The first-order valence-electron chi connectivity index (χ1n) is 6.96. The second-order valence-electron chi connectivity index (χ2n) is 5.32. The quantitative estimate of drug-likeness (QED) is 0.708. The fraction of sp³-hybridized carbons (Fsp3) is 0.188. The van der Waals surface area contributed by atoms with Gasteiger partial charge in [-0.2, -0.15) is 0 Å². The number of fused-ring (bicyclic) bond motifs is 1. The lowest BCUT2D eigenvalue weighted by molar-refractivity contribution is 0.404. The average molecular weight is 348 g/mol. The van der Waals surface area contributed by atoms with Gasteiger partial charge in [0, 0.05) is 0 Å². The number of hydrogen-bond donors (Lipinski definition) is 2. The first kappa shape index (κ1) is 15.8. The van der Waals surface area contributed by atoms with Crippen molar-refractivity contribution in [3.8, 4) is 5.75 Å². The Morgan fingerprint density at radius 3 is 2.26 bits per heavy atom. The van der Waals surface area contributed by atoms with E-state index in [0.29, 0.717) is 31.8 Å². The summed E-state index contributed by atoms with van der Waals surface area (Å²) in [5.41, 5.74) is 2.44. The first-order chi connectivity index (χ1) is 10.9. The van der Waals surface area contributed by atoms with Crippen LogP contribution in [0, 0.1) is 18.6 Å². The molecule has 0 saturated heterocycles. The van der Waals surface area contributed by atoms with Gasteiger partial charge in [-0.3, -0.25) is 0 Å². The first-order valence-corrected chi connectivity index (χ1v) is 8.85. The van der Waals surface area contributed by atoms with Gasteiger partial charge in [-0.05, 0) is 49.3 Å². The maximum atomic E-state index is 13.3. The Bertz CT molecular complexity index is 1040. The molecule has 0 unspecified atom stereocenters. The molecule has 0 aliphatic carbocycles. The molecule has 1 heterocycles. The van der Waals surface area contributed by atoms with E-state index in [2.05, 4.69) is 9.97 Å². The molecule has 1 aromatic heterocycles. The van der Waals surface area contributed by atoms with Gasteiger partial charge in [0.2, 0.25) is 9.84 Å². The Morgan fingerprint density at radius 1 is 1.00 bits per heavy atom. The van der Waals surface area contributed by atoms with Crippen LogP contribution in [0.2, 0.25) is 0 Å². The molecule has 23 heavy (non-hydrogen) atoms. The van der Waals surface area contributed by atoms with E-state index in [0.717, 1.165) is 0 Å². The molecule has 0 fully saturated rings. The van der Waals surface area contributed by atoms with Crippen LogP contribution in [-0.4, -0.2) is 25.5 Å². The Morgan fingerprint density at radius 2 is 1.65 bits per heavy atom. The highest BCUT2D eigenvalue weighted by Crippen LogP contribution is 2.36. The summed E-state index contributed by atoms with van der Waals surface area (Å²) in [4.78, 5) is 6.26. The third-order valence-corrected chi connectivity index (χ3v) is 6.10. The molecule has 3 rings (SSSR count). The lowest BCUT2D eigenvalue weighted by atomic mass is 10.2. The van der Waals surface area contributed by atoms with Gasteiger partial charge >= 0.3 is 0 Å². The van der Waals surface area contributed by atoms with E-state index < -0.39 is 9.84 Å². The molecular weight excluding hydrogens is 332 g/mol. The number of aromatic nitrogens is 2. The monoisotopic (exact) mass is 348 g/mol. The zero-order chi connectivity index (χ0) is 16.8. The molecule has 7 heteroatoms. The molecule has 0 radical (unpaired) electrons.